The van der Waals surface area contributed by atoms with Crippen molar-refractivity contribution >= 4 is 27.5 Å². The fourth-order valence-corrected chi connectivity index (χ4v) is 2.65. The Balaban J connectivity index is 0.000000200. The molecule has 1 amide bonds. The Labute approximate surface area is 118 Å². The van der Waals surface area contributed by atoms with Gasteiger partial charge in [-0.05, 0) is 25.0 Å². The number of nitrogens with two attached hydrogens (primary N) is 1. The van der Waals surface area contributed by atoms with E-state index in [4.69, 9.17) is 16.7 Å². The van der Waals surface area contributed by atoms with Gasteiger partial charge in [-0.25, -0.2) is 13.6 Å². The predicted octanol–water partition coefficient (Wildman–Crippen LogP) is 1.66. The van der Waals surface area contributed by atoms with Gasteiger partial charge in [0.1, 0.15) is 4.90 Å². The third-order valence-electron chi connectivity index (χ3n) is 2.55. The molecule has 7 heteroatoms. The number of carbonyl (C=O) groups excluding carboxylic acids is 1. The van der Waals surface area contributed by atoms with Gasteiger partial charge in [0.05, 0.1) is 5.02 Å². The Bertz CT molecular complexity index is 522. The first kappa shape index (κ1) is 15.9. The molecule has 2 rings (SSSR count). The Hall–Kier alpha value is -1.11. The minimum atomic E-state index is -3.67. The van der Waals surface area contributed by atoms with E-state index in [2.05, 4.69) is 5.32 Å². The van der Waals surface area contributed by atoms with Gasteiger partial charge in [-0.3, -0.25) is 4.79 Å². The van der Waals surface area contributed by atoms with Crippen LogP contribution in [-0.4, -0.2) is 20.9 Å². The van der Waals surface area contributed by atoms with Gasteiger partial charge in [-0.15, -0.1) is 0 Å². The number of nitrogens with one attached hydrogen (secondary N) is 1. The van der Waals surface area contributed by atoms with Crippen LogP contribution in [0.4, 0.5) is 0 Å². The van der Waals surface area contributed by atoms with E-state index < -0.39 is 10.0 Å². The van der Waals surface area contributed by atoms with E-state index >= 15 is 0 Å². The van der Waals surface area contributed by atoms with Crippen molar-refractivity contribution in [2.45, 2.75) is 30.6 Å². The second-order valence-electron chi connectivity index (χ2n) is 4.14. The molecule has 1 saturated heterocycles. The van der Waals surface area contributed by atoms with Crippen molar-refractivity contribution in [2.24, 2.45) is 5.14 Å². The van der Waals surface area contributed by atoms with Crippen LogP contribution < -0.4 is 10.5 Å². The van der Waals surface area contributed by atoms with Crippen LogP contribution in [0.15, 0.2) is 29.2 Å². The van der Waals surface area contributed by atoms with E-state index in [9.17, 15) is 13.2 Å². The lowest BCUT2D eigenvalue weighted by atomic mass is 10.2. The topological polar surface area (TPSA) is 89.3 Å². The number of benzene rings is 1. The van der Waals surface area contributed by atoms with Crippen LogP contribution in [0.3, 0.4) is 0 Å². The fourth-order valence-electron chi connectivity index (χ4n) is 1.58. The molecule has 0 saturated carbocycles. The van der Waals surface area contributed by atoms with Crippen LogP contribution in [0.25, 0.3) is 0 Å². The largest absolute Gasteiger partial charge is 0.356 e. The van der Waals surface area contributed by atoms with Gasteiger partial charge in [-0.2, -0.15) is 0 Å². The number of sulfonamides is 1. The summed E-state index contributed by atoms with van der Waals surface area (Å²) in [4.78, 5) is 10.5. The molecular formula is C12H17ClN2O3S. The molecule has 0 unspecified atom stereocenters. The van der Waals surface area contributed by atoms with Crippen molar-refractivity contribution in [3.05, 3.63) is 29.3 Å². The smallest absolute Gasteiger partial charge is 0.239 e. The molecule has 1 fully saturated rings. The van der Waals surface area contributed by atoms with Gasteiger partial charge >= 0.3 is 0 Å². The number of carbonyl (C=O) groups is 1. The van der Waals surface area contributed by atoms with E-state index in [0.717, 1.165) is 25.8 Å². The zero-order chi connectivity index (χ0) is 14.3. The number of hydrogen-bond acceptors (Lipinski definition) is 3. The molecule has 1 heterocycles. The molecule has 3 N–H and O–H groups in total. The third-order valence-corrected chi connectivity index (χ3v) is 3.96. The summed E-state index contributed by atoms with van der Waals surface area (Å²) in [5.74, 6) is 0.225. The van der Waals surface area contributed by atoms with Gasteiger partial charge in [0.2, 0.25) is 15.9 Å². The summed E-state index contributed by atoms with van der Waals surface area (Å²) < 4.78 is 21.5. The van der Waals surface area contributed by atoms with Gasteiger partial charge in [0.15, 0.2) is 0 Å². The summed E-state index contributed by atoms with van der Waals surface area (Å²) in [5, 5.41) is 7.80. The van der Waals surface area contributed by atoms with Crippen molar-refractivity contribution in [2.75, 3.05) is 6.54 Å². The molecule has 0 spiro atoms. The minimum Gasteiger partial charge on any atom is -0.356 e. The summed E-state index contributed by atoms with van der Waals surface area (Å²) >= 11 is 5.55. The number of primary sulfonamides is 1. The lowest BCUT2D eigenvalue weighted by molar-refractivity contribution is -0.120. The Morgan fingerprint density at radius 3 is 2.42 bits per heavy atom. The van der Waals surface area contributed by atoms with E-state index in [-0.39, 0.29) is 15.8 Å². The maximum Gasteiger partial charge on any atom is 0.239 e. The van der Waals surface area contributed by atoms with E-state index in [1.54, 1.807) is 12.1 Å². The molecule has 0 radical (unpaired) electrons. The highest BCUT2D eigenvalue weighted by Crippen LogP contribution is 2.18. The molecule has 0 atom stereocenters. The molecule has 1 aromatic rings. The van der Waals surface area contributed by atoms with Crippen LogP contribution in [0.2, 0.25) is 5.02 Å². The number of amides is 1. The van der Waals surface area contributed by atoms with Crippen molar-refractivity contribution in [1.29, 1.82) is 0 Å². The highest BCUT2D eigenvalue weighted by Gasteiger charge is 2.10. The van der Waals surface area contributed by atoms with Crippen LogP contribution in [0.5, 0.6) is 0 Å². The van der Waals surface area contributed by atoms with Gasteiger partial charge in [-0.1, -0.05) is 30.2 Å². The third kappa shape index (κ3) is 6.04. The lowest BCUT2D eigenvalue weighted by Crippen LogP contribution is -2.21. The molecule has 0 aromatic heterocycles. The first-order valence-corrected chi connectivity index (χ1v) is 7.88. The molecule has 19 heavy (non-hydrogen) atoms. The standard InChI is InChI=1S/C6H6ClNO2S.C6H11NO/c7-5-3-1-2-4-6(5)11(8,9)10;8-6-4-2-1-3-5-7-6/h1-4H,(H2,8,9,10);1-5H2,(H,7,8). The molecule has 106 valence electrons. The predicted molar refractivity (Wildman–Crippen MR) is 74.3 cm³/mol. The highest BCUT2D eigenvalue weighted by atomic mass is 35.5. The molecule has 1 aromatic carbocycles. The van der Waals surface area contributed by atoms with Crippen LogP contribution in [-0.2, 0) is 14.8 Å². The van der Waals surface area contributed by atoms with E-state index in [1.807, 2.05) is 0 Å². The number of hydrogen-bond donors (Lipinski definition) is 2. The summed E-state index contributed by atoms with van der Waals surface area (Å²) in [7, 11) is -3.67. The van der Waals surface area contributed by atoms with Crippen molar-refractivity contribution in [3.63, 3.8) is 0 Å². The van der Waals surface area contributed by atoms with Gasteiger partial charge in [0, 0.05) is 13.0 Å². The maximum absolute atomic E-state index is 10.7. The van der Waals surface area contributed by atoms with E-state index in [0.29, 0.717) is 0 Å². The zero-order valence-electron chi connectivity index (χ0n) is 10.4. The lowest BCUT2D eigenvalue weighted by Gasteiger charge is -1.98. The Morgan fingerprint density at radius 1 is 1.16 bits per heavy atom. The average Bonchev–Trinajstić information content (AvgIpc) is 2.57. The number of rotatable bonds is 1. The van der Waals surface area contributed by atoms with Gasteiger partial charge < -0.3 is 5.32 Å². The summed E-state index contributed by atoms with van der Waals surface area (Å²) in [6.45, 7) is 0.888. The molecule has 1 aliphatic rings. The fraction of sp³-hybridized carbons (Fsp3) is 0.417. The minimum absolute atomic E-state index is 0.0401. The quantitative estimate of drug-likeness (QED) is 0.827. The number of halogens is 1. The van der Waals surface area contributed by atoms with Crippen LogP contribution in [0, 0.1) is 0 Å². The molecule has 5 nitrogen and oxygen atoms in total. The Morgan fingerprint density at radius 2 is 1.84 bits per heavy atom. The average molecular weight is 305 g/mol. The summed E-state index contributed by atoms with van der Waals surface area (Å²) in [6, 6.07) is 6.03. The molecule has 0 aliphatic carbocycles. The van der Waals surface area contributed by atoms with Crippen LogP contribution in [0.1, 0.15) is 25.7 Å². The normalized spacial score (nSPS) is 15.8. The second kappa shape index (κ2) is 7.47. The summed E-state index contributed by atoms with van der Waals surface area (Å²) in [6.07, 6.45) is 4.18. The molecule has 1 aliphatic heterocycles. The first-order chi connectivity index (χ1) is 8.91. The Kier molecular flexibility index (Phi) is 6.27. The summed E-state index contributed by atoms with van der Waals surface area (Å²) in [5.41, 5.74) is 0. The molecule has 0 bridgehead atoms. The van der Waals surface area contributed by atoms with Crippen molar-refractivity contribution in [3.8, 4) is 0 Å². The first-order valence-electron chi connectivity index (χ1n) is 5.95. The van der Waals surface area contributed by atoms with Crippen molar-refractivity contribution in [1.82, 2.24) is 5.32 Å². The van der Waals surface area contributed by atoms with E-state index in [1.165, 1.54) is 18.6 Å². The SMILES string of the molecule is NS(=O)(=O)c1ccccc1Cl.O=C1CCCCCN1. The highest BCUT2D eigenvalue weighted by molar-refractivity contribution is 7.89. The van der Waals surface area contributed by atoms with Crippen LogP contribution >= 0.6 is 11.6 Å². The van der Waals surface area contributed by atoms with Gasteiger partial charge in [0.25, 0.3) is 0 Å². The maximum atomic E-state index is 10.7. The zero-order valence-corrected chi connectivity index (χ0v) is 12.0. The monoisotopic (exact) mass is 304 g/mol. The second-order valence-corrected chi connectivity index (χ2v) is 6.07. The van der Waals surface area contributed by atoms with Crippen molar-refractivity contribution < 1.29 is 13.2 Å². The molecular weight excluding hydrogens is 288 g/mol.